The van der Waals surface area contributed by atoms with Gasteiger partial charge in [-0.1, -0.05) is 30.3 Å². The average Bonchev–Trinajstić information content (AvgIpc) is 2.53. The molecule has 0 aromatic heterocycles. The van der Waals surface area contributed by atoms with E-state index in [9.17, 15) is 4.79 Å². The Balaban J connectivity index is 2.23. The van der Waals surface area contributed by atoms with Gasteiger partial charge in [0.15, 0.2) is 0 Å². The van der Waals surface area contributed by atoms with E-state index in [1.165, 1.54) is 13.2 Å². The standard InChI is InChI=1S/C16H13NO3/c1-19-16(18)14-9-13(10-17)7-8-15(14)20-11-12-5-3-2-4-6-12/h2-9H,11H2,1H3. The van der Waals surface area contributed by atoms with Gasteiger partial charge in [0.05, 0.1) is 18.7 Å². The summed E-state index contributed by atoms with van der Waals surface area (Å²) in [7, 11) is 1.29. The van der Waals surface area contributed by atoms with Crippen LogP contribution < -0.4 is 4.74 Å². The summed E-state index contributed by atoms with van der Waals surface area (Å²) in [6, 6.07) is 16.3. The van der Waals surface area contributed by atoms with Crippen molar-refractivity contribution in [2.75, 3.05) is 7.11 Å². The van der Waals surface area contributed by atoms with Gasteiger partial charge in [-0.2, -0.15) is 5.26 Å². The van der Waals surface area contributed by atoms with E-state index in [0.717, 1.165) is 5.56 Å². The third-order valence-electron chi connectivity index (χ3n) is 2.75. The van der Waals surface area contributed by atoms with Crippen LogP contribution in [0, 0.1) is 11.3 Å². The summed E-state index contributed by atoms with van der Waals surface area (Å²) >= 11 is 0. The lowest BCUT2D eigenvalue weighted by molar-refractivity contribution is 0.0595. The molecule has 100 valence electrons. The minimum Gasteiger partial charge on any atom is -0.488 e. The lowest BCUT2D eigenvalue weighted by atomic mass is 10.1. The summed E-state index contributed by atoms with van der Waals surface area (Å²) in [6.45, 7) is 0.344. The molecular formula is C16H13NO3. The van der Waals surface area contributed by atoms with Crippen LogP contribution in [0.25, 0.3) is 0 Å². The monoisotopic (exact) mass is 267 g/mol. The topological polar surface area (TPSA) is 59.3 Å². The fraction of sp³-hybridized carbons (Fsp3) is 0.125. The Morgan fingerprint density at radius 2 is 1.95 bits per heavy atom. The number of esters is 1. The van der Waals surface area contributed by atoms with Crippen LogP contribution in [0.3, 0.4) is 0 Å². The Hall–Kier alpha value is -2.80. The Morgan fingerprint density at radius 1 is 1.20 bits per heavy atom. The Morgan fingerprint density at radius 3 is 2.60 bits per heavy atom. The maximum atomic E-state index is 11.7. The fourth-order valence-corrected chi connectivity index (χ4v) is 1.73. The van der Waals surface area contributed by atoms with Gasteiger partial charge in [0.1, 0.15) is 17.9 Å². The molecule has 0 bridgehead atoms. The molecule has 0 aliphatic heterocycles. The Kier molecular flexibility index (Phi) is 4.35. The predicted molar refractivity (Wildman–Crippen MR) is 73.3 cm³/mol. The number of carbonyl (C=O) groups excluding carboxylic acids is 1. The van der Waals surface area contributed by atoms with Gasteiger partial charge in [-0.25, -0.2) is 4.79 Å². The van der Waals surface area contributed by atoms with Gasteiger partial charge in [0, 0.05) is 0 Å². The molecule has 0 aliphatic carbocycles. The van der Waals surface area contributed by atoms with Crippen molar-refractivity contribution in [3.63, 3.8) is 0 Å². The first-order chi connectivity index (χ1) is 9.74. The quantitative estimate of drug-likeness (QED) is 0.799. The summed E-state index contributed by atoms with van der Waals surface area (Å²) in [5.74, 6) is -0.120. The minimum absolute atomic E-state index is 0.252. The second-order valence-corrected chi connectivity index (χ2v) is 4.09. The van der Waals surface area contributed by atoms with Crippen molar-refractivity contribution in [2.24, 2.45) is 0 Å². The SMILES string of the molecule is COC(=O)c1cc(C#N)ccc1OCc1ccccc1. The van der Waals surface area contributed by atoms with Crippen LogP contribution in [0.1, 0.15) is 21.5 Å². The van der Waals surface area contributed by atoms with Crippen molar-refractivity contribution in [1.82, 2.24) is 0 Å². The Labute approximate surface area is 117 Å². The molecule has 20 heavy (non-hydrogen) atoms. The van der Waals surface area contributed by atoms with E-state index < -0.39 is 5.97 Å². The lowest BCUT2D eigenvalue weighted by Crippen LogP contribution is -2.06. The van der Waals surface area contributed by atoms with Gasteiger partial charge < -0.3 is 9.47 Å². The molecule has 4 heteroatoms. The number of nitrogens with zero attached hydrogens (tertiary/aromatic N) is 1. The molecule has 0 N–H and O–H groups in total. The van der Waals surface area contributed by atoms with Crippen LogP contribution in [-0.2, 0) is 11.3 Å². The van der Waals surface area contributed by atoms with E-state index in [2.05, 4.69) is 0 Å². The van der Waals surface area contributed by atoms with Crippen molar-refractivity contribution < 1.29 is 14.3 Å². The summed E-state index contributed by atoms with van der Waals surface area (Å²) in [6.07, 6.45) is 0. The lowest BCUT2D eigenvalue weighted by Gasteiger charge is -2.10. The maximum Gasteiger partial charge on any atom is 0.341 e. The molecule has 0 fully saturated rings. The second kappa shape index (κ2) is 6.39. The number of hydrogen-bond donors (Lipinski definition) is 0. The summed E-state index contributed by atoms with van der Waals surface area (Å²) < 4.78 is 10.3. The Bertz CT molecular complexity index is 645. The van der Waals surface area contributed by atoms with Crippen molar-refractivity contribution in [2.45, 2.75) is 6.61 Å². The van der Waals surface area contributed by atoms with Crippen LogP contribution in [0.2, 0.25) is 0 Å². The van der Waals surface area contributed by atoms with E-state index >= 15 is 0 Å². The first-order valence-corrected chi connectivity index (χ1v) is 6.04. The van der Waals surface area contributed by atoms with Gasteiger partial charge in [-0.05, 0) is 23.8 Å². The van der Waals surface area contributed by atoms with Gasteiger partial charge in [0.2, 0.25) is 0 Å². The van der Waals surface area contributed by atoms with E-state index in [1.807, 2.05) is 36.4 Å². The molecule has 2 aromatic carbocycles. The molecule has 4 nitrogen and oxygen atoms in total. The van der Waals surface area contributed by atoms with Gasteiger partial charge in [-0.3, -0.25) is 0 Å². The summed E-state index contributed by atoms with van der Waals surface area (Å²) in [5.41, 5.74) is 1.63. The van der Waals surface area contributed by atoms with Crippen LogP contribution in [0.5, 0.6) is 5.75 Å². The summed E-state index contributed by atoms with van der Waals surface area (Å²) in [4.78, 5) is 11.7. The highest BCUT2D eigenvalue weighted by Crippen LogP contribution is 2.22. The maximum absolute atomic E-state index is 11.7. The number of methoxy groups -OCH3 is 1. The smallest absolute Gasteiger partial charge is 0.341 e. The van der Waals surface area contributed by atoms with Crippen LogP contribution in [0.15, 0.2) is 48.5 Å². The van der Waals surface area contributed by atoms with Gasteiger partial charge in [0.25, 0.3) is 0 Å². The predicted octanol–water partition coefficient (Wildman–Crippen LogP) is 2.92. The minimum atomic E-state index is -0.523. The van der Waals surface area contributed by atoms with Crippen LogP contribution >= 0.6 is 0 Å². The molecule has 0 radical (unpaired) electrons. The van der Waals surface area contributed by atoms with Crippen molar-refractivity contribution in [3.05, 3.63) is 65.2 Å². The molecule has 0 amide bonds. The third kappa shape index (κ3) is 3.15. The molecule has 2 rings (SSSR count). The van der Waals surface area contributed by atoms with E-state index in [1.54, 1.807) is 12.1 Å². The zero-order valence-electron chi connectivity index (χ0n) is 11.0. The molecule has 2 aromatic rings. The zero-order valence-corrected chi connectivity index (χ0v) is 11.0. The molecule has 0 heterocycles. The van der Waals surface area contributed by atoms with Gasteiger partial charge in [-0.15, -0.1) is 0 Å². The van der Waals surface area contributed by atoms with Crippen molar-refractivity contribution in [3.8, 4) is 11.8 Å². The largest absolute Gasteiger partial charge is 0.488 e. The van der Waals surface area contributed by atoms with Crippen molar-refractivity contribution >= 4 is 5.97 Å². The zero-order chi connectivity index (χ0) is 14.4. The number of rotatable bonds is 4. The van der Waals surface area contributed by atoms with Gasteiger partial charge >= 0.3 is 5.97 Å². The molecular weight excluding hydrogens is 254 g/mol. The number of nitriles is 1. The van der Waals surface area contributed by atoms with Crippen LogP contribution in [0.4, 0.5) is 0 Å². The highest BCUT2D eigenvalue weighted by atomic mass is 16.5. The second-order valence-electron chi connectivity index (χ2n) is 4.09. The third-order valence-corrected chi connectivity index (χ3v) is 2.75. The van der Waals surface area contributed by atoms with Crippen molar-refractivity contribution in [1.29, 1.82) is 5.26 Å². The molecule has 0 saturated heterocycles. The van der Waals surface area contributed by atoms with E-state index in [-0.39, 0.29) is 5.56 Å². The molecule has 0 saturated carbocycles. The number of carbonyl (C=O) groups is 1. The number of benzene rings is 2. The average molecular weight is 267 g/mol. The van der Waals surface area contributed by atoms with Crippen LogP contribution in [-0.4, -0.2) is 13.1 Å². The molecule has 0 atom stereocenters. The summed E-state index contributed by atoms with van der Waals surface area (Å²) in [5, 5.41) is 8.87. The molecule has 0 aliphatic rings. The number of ether oxygens (including phenoxy) is 2. The van der Waals surface area contributed by atoms with E-state index in [4.69, 9.17) is 14.7 Å². The number of hydrogen-bond acceptors (Lipinski definition) is 4. The fourth-order valence-electron chi connectivity index (χ4n) is 1.73. The van der Waals surface area contributed by atoms with E-state index in [0.29, 0.717) is 17.9 Å². The highest BCUT2D eigenvalue weighted by Gasteiger charge is 2.14. The first-order valence-electron chi connectivity index (χ1n) is 6.04. The molecule has 0 unspecified atom stereocenters. The first kappa shape index (κ1) is 13.6. The molecule has 0 spiro atoms. The highest BCUT2D eigenvalue weighted by molar-refractivity contribution is 5.92. The normalized spacial score (nSPS) is 9.60.